The monoisotopic (exact) mass is 332 g/mol. The molecule has 2 aromatic carbocycles. The molecule has 0 saturated heterocycles. The number of nitrogens with one attached hydrogen (secondary N) is 1. The van der Waals surface area contributed by atoms with Gasteiger partial charge in [-0.2, -0.15) is 0 Å². The molecule has 23 heavy (non-hydrogen) atoms. The third-order valence-corrected chi connectivity index (χ3v) is 4.78. The number of carbonyl (C=O) groups is 1. The van der Waals surface area contributed by atoms with Gasteiger partial charge in [0.15, 0.2) is 6.61 Å². The Labute approximate surface area is 134 Å². The third kappa shape index (κ3) is 3.45. The molecule has 0 saturated carbocycles. The lowest BCUT2D eigenvalue weighted by molar-refractivity contribution is -0.120. The fraction of sp³-hybridized carbons (Fsp3) is 0.188. The molecule has 1 aliphatic rings. The first-order chi connectivity index (χ1) is 10.9. The molecule has 0 radical (unpaired) electrons. The van der Waals surface area contributed by atoms with Crippen LogP contribution in [0.5, 0.6) is 5.75 Å². The van der Waals surface area contributed by atoms with E-state index >= 15 is 0 Å². The molecule has 1 amide bonds. The van der Waals surface area contributed by atoms with E-state index in [-0.39, 0.29) is 18.3 Å². The van der Waals surface area contributed by atoms with Gasteiger partial charge in [0.05, 0.1) is 17.1 Å². The summed E-state index contributed by atoms with van der Waals surface area (Å²) < 4.78 is 32.4. The number of likely N-dealkylation sites (N-methyl/N-ethyl adjacent to an activating group) is 1. The second kappa shape index (κ2) is 5.92. The van der Waals surface area contributed by atoms with Gasteiger partial charge in [0.25, 0.3) is 5.91 Å². The minimum atomic E-state index is -3.54. The number of hydrogen-bond acceptors (Lipinski definition) is 4. The van der Waals surface area contributed by atoms with Gasteiger partial charge in [0, 0.05) is 7.05 Å². The van der Waals surface area contributed by atoms with E-state index in [4.69, 9.17) is 4.74 Å². The van der Waals surface area contributed by atoms with Crippen molar-refractivity contribution in [1.29, 1.82) is 0 Å². The second-order valence-electron chi connectivity index (χ2n) is 5.27. The van der Waals surface area contributed by atoms with E-state index in [1.165, 1.54) is 4.90 Å². The third-order valence-electron chi connectivity index (χ3n) is 3.52. The van der Waals surface area contributed by atoms with E-state index in [0.29, 0.717) is 22.7 Å². The average molecular weight is 332 g/mol. The van der Waals surface area contributed by atoms with Gasteiger partial charge in [-0.3, -0.25) is 9.52 Å². The van der Waals surface area contributed by atoms with Crippen LogP contribution in [0.2, 0.25) is 0 Å². The average Bonchev–Trinajstić information content (AvgIpc) is 2.51. The number of benzene rings is 2. The van der Waals surface area contributed by atoms with Gasteiger partial charge in [-0.1, -0.05) is 30.3 Å². The van der Waals surface area contributed by atoms with Gasteiger partial charge < -0.3 is 9.64 Å². The van der Waals surface area contributed by atoms with Gasteiger partial charge in [-0.15, -0.1) is 0 Å². The molecule has 6 nitrogen and oxygen atoms in total. The molecule has 0 atom stereocenters. The SMILES string of the molecule is CN1C(=O)COc2ccc(NS(=O)(=O)Cc3ccccc3)cc21. The summed E-state index contributed by atoms with van der Waals surface area (Å²) >= 11 is 0. The summed E-state index contributed by atoms with van der Waals surface area (Å²) in [4.78, 5) is 13.1. The summed E-state index contributed by atoms with van der Waals surface area (Å²) in [6.45, 7) is -0.0113. The van der Waals surface area contributed by atoms with Gasteiger partial charge in [0.2, 0.25) is 10.0 Å². The standard InChI is InChI=1S/C16H16N2O4S/c1-18-14-9-13(7-8-15(14)22-10-16(18)19)17-23(20,21)11-12-5-3-2-4-6-12/h2-9,17H,10-11H2,1H3. The summed E-state index contributed by atoms with van der Waals surface area (Å²) in [5.41, 5.74) is 1.64. The van der Waals surface area contributed by atoms with Gasteiger partial charge in [0.1, 0.15) is 5.75 Å². The molecular formula is C16H16N2O4S. The smallest absolute Gasteiger partial charge is 0.264 e. The molecule has 0 spiro atoms. The van der Waals surface area contributed by atoms with Gasteiger partial charge in [-0.25, -0.2) is 8.42 Å². The maximum atomic E-state index is 12.3. The van der Waals surface area contributed by atoms with E-state index in [9.17, 15) is 13.2 Å². The predicted molar refractivity (Wildman–Crippen MR) is 88.0 cm³/mol. The number of amides is 1. The van der Waals surface area contributed by atoms with E-state index in [1.54, 1.807) is 49.5 Å². The van der Waals surface area contributed by atoms with Gasteiger partial charge in [-0.05, 0) is 23.8 Å². The van der Waals surface area contributed by atoms with Crippen LogP contribution in [0.4, 0.5) is 11.4 Å². The van der Waals surface area contributed by atoms with Crippen LogP contribution in [-0.2, 0) is 20.6 Å². The molecule has 1 heterocycles. The first-order valence-corrected chi connectivity index (χ1v) is 8.68. The molecule has 0 aliphatic carbocycles. The lowest BCUT2D eigenvalue weighted by Gasteiger charge is -2.26. The first-order valence-electron chi connectivity index (χ1n) is 7.02. The lowest BCUT2D eigenvalue weighted by atomic mass is 10.2. The molecule has 1 aliphatic heterocycles. The minimum Gasteiger partial charge on any atom is -0.482 e. The lowest BCUT2D eigenvalue weighted by Crippen LogP contribution is -2.35. The van der Waals surface area contributed by atoms with Crippen LogP contribution >= 0.6 is 0 Å². The Hall–Kier alpha value is -2.54. The fourth-order valence-corrected chi connectivity index (χ4v) is 3.53. The second-order valence-corrected chi connectivity index (χ2v) is 6.99. The summed E-state index contributed by atoms with van der Waals surface area (Å²) in [5, 5.41) is 0. The molecular weight excluding hydrogens is 316 g/mol. The zero-order valence-electron chi connectivity index (χ0n) is 12.5. The van der Waals surface area contributed by atoms with E-state index < -0.39 is 10.0 Å². The van der Waals surface area contributed by atoms with Crippen LogP contribution in [0, 0.1) is 0 Å². The van der Waals surface area contributed by atoms with Crippen molar-refractivity contribution in [1.82, 2.24) is 0 Å². The van der Waals surface area contributed by atoms with Crippen LogP contribution < -0.4 is 14.4 Å². The first kappa shape index (κ1) is 15.4. The summed E-state index contributed by atoms with van der Waals surface area (Å²) in [5.74, 6) is 0.260. The number of fused-ring (bicyclic) bond motifs is 1. The van der Waals surface area contributed by atoms with Crippen molar-refractivity contribution >= 4 is 27.3 Å². The van der Waals surface area contributed by atoms with Crippen molar-refractivity contribution in [2.24, 2.45) is 0 Å². The van der Waals surface area contributed by atoms with Crippen molar-refractivity contribution in [2.45, 2.75) is 5.75 Å². The summed E-state index contributed by atoms with van der Waals surface area (Å²) in [7, 11) is -1.91. The van der Waals surface area contributed by atoms with Crippen molar-refractivity contribution < 1.29 is 17.9 Å². The number of rotatable bonds is 4. The highest BCUT2D eigenvalue weighted by atomic mass is 32.2. The number of anilines is 2. The minimum absolute atomic E-state index is 0.0113. The Balaban J connectivity index is 1.82. The molecule has 0 bridgehead atoms. The van der Waals surface area contributed by atoms with Crippen molar-refractivity contribution in [3.8, 4) is 5.75 Å². The molecule has 0 aromatic heterocycles. The summed E-state index contributed by atoms with van der Waals surface area (Å²) in [6, 6.07) is 13.8. The van der Waals surface area contributed by atoms with Crippen LogP contribution in [0.1, 0.15) is 5.56 Å². The Morgan fingerprint density at radius 2 is 1.91 bits per heavy atom. The maximum absolute atomic E-state index is 12.3. The van der Waals surface area contributed by atoms with E-state index in [1.807, 2.05) is 6.07 Å². The van der Waals surface area contributed by atoms with Crippen molar-refractivity contribution in [2.75, 3.05) is 23.3 Å². The molecule has 2 aromatic rings. The van der Waals surface area contributed by atoms with Gasteiger partial charge >= 0.3 is 0 Å². The maximum Gasteiger partial charge on any atom is 0.264 e. The van der Waals surface area contributed by atoms with Crippen molar-refractivity contribution in [3.63, 3.8) is 0 Å². The molecule has 0 fully saturated rings. The summed E-state index contributed by atoms with van der Waals surface area (Å²) in [6.07, 6.45) is 0. The fourth-order valence-electron chi connectivity index (χ4n) is 2.34. The molecule has 7 heteroatoms. The largest absolute Gasteiger partial charge is 0.482 e. The van der Waals surface area contributed by atoms with E-state index in [2.05, 4.69) is 4.72 Å². The molecule has 3 rings (SSSR count). The molecule has 1 N–H and O–H groups in total. The zero-order chi connectivity index (χ0) is 16.4. The Morgan fingerprint density at radius 3 is 2.65 bits per heavy atom. The van der Waals surface area contributed by atoms with Crippen LogP contribution in [0.15, 0.2) is 48.5 Å². The number of nitrogens with zero attached hydrogens (tertiary/aromatic N) is 1. The highest BCUT2D eigenvalue weighted by Crippen LogP contribution is 2.34. The Kier molecular flexibility index (Phi) is 3.96. The Morgan fingerprint density at radius 1 is 1.17 bits per heavy atom. The van der Waals surface area contributed by atoms with Crippen LogP contribution in [0.25, 0.3) is 0 Å². The number of carbonyl (C=O) groups excluding carboxylic acids is 1. The zero-order valence-corrected chi connectivity index (χ0v) is 13.3. The highest BCUT2D eigenvalue weighted by Gasteiger charge is 2.23. The number of ether oxygens (including phenoxy) is 1. The quantitative estimate of drug-likeness (QED) is 0.929. The van der Waals surface area contributed by atoms with E-state index in [0.717, 1.165) is 0 Å². The molecule has 0 unspecified atom stereocenters. The topological polar surface area (TPSA) is 75.7 Å². The normalized spacial score (nSPS) is 14.1. The van der Waals surface area contributed by atoms with Crippen LogP contribution in [0.3, 0.4) is 0 Å². The number of sulfonamides is 1. The predicted octanol–water partition coefficient (Wildman–Crippen LogP) is 1.98. The van der Waals surface area contributed by atoms with Crippen LogP contribution in [-0.4, -0.2) is 28.0 Å². The van der Waals surface area contributed by atoms with Crippen molar-refractivity contribution in [3.05, 3.63) is 54.1 Å². The highest BCUT2D eigenvalue weighted by molar-refractivity contribution is 7.91. The number of hydrogen-bond donors (Lipinski definition) is 1. The molecule has 120 valence electrons. The Bertz CT molecular complexity index is 834.